The van der Waals surface area contributed by atoms with Gasteiger partial charge >= 0.3 is 0 Å². The van der Waals surface area contributed by atoms with Gasteiger partial charge in [0.15, 0.2) is 0 Å². The van der Waals surface area contributed by atoms with Gasteiger partial charge in [0.1, 0.15) is 5.82 Å². The number of hydrogen-bond donors (Lipinski definition) is 1. The maximum absolute atomic E-state index is 14.0. The predicted molar refractivity (Wildman–Crippen MR) is 84.0 cm³/mol. The van der Waals surface area contributed by atoms with Crippen LogP contribution in [0.2, 0.25) is 0 Å². The molecular weight excluding hydrogens is 263 g/mol. The van der Waals surface area contributed by atoms with Gasteiger partial charge < -0.3 is 10.2 Å². The number of rotatable bonds is 4. The zero-order chi connectivity index (χ0) is 14.2. The van der Waals surface area contributed by atoms with Crippen molar-refractivity contribution in [2.75, 3.05) is 11.4 Å². The maximum Gasteiger partial charge on any atom is 0.125 e. The van der Waals surface area contributed by atoms with E-state index in [1.165, 1.54) is 44.9 Å². The van der Waals surface area contributed by atoms with Crippen LogP contribution in [0.3, 0.4) is 0 Å². The minimum Gasteiger partial charge on any atom is -0.368 e. The number of piperidine rings is 1. The maximum atomic E-state index is 14.0. The average molecular weight is 288 g/mol. The van der Waals surface area contributed by atoms with Crippen LogP contribution in [0.15, 0.2) is 18.2 Å². The van der Waals surface area contributed by atoms with Crippen molar-refractivity contribution >= 4 is 5.69 Å². The van der Waals surface area contributed by atoms with Crippen molar-refractivity contribution < 1.29 is 4.39 Å². The molecule has 4 rings (SSSR count). The van der Waals surface area contributed by atoms with Gasteiger partial charge in [-0.1, -0.05) is 6.42 Å². The Morgan fingerprint density at radius 3 is 2.76 bits per heavy atom. The Labute approximate surface area is 126 Å². The highest BCUT2D eigenvalue weighted by molar-refractivity contribution is 5.51. The van der Waals surface area contributed by atoms with E-state index in [1.807, 2.05) is 0 Å². The summed E-state index contributed by atoms with van der Waals surface area (Å²) in [5, 5.41) is 3.49. The Morgan fingerprint density at radius 2 is 1.90 bits per heavy atom. The molecule has 0 aromatic heterocycles. The Kier molecular flexibility index (Phi) is 3.62. The molecule has 21 heavy (non-hydrogen) atoms. The summed E-state index contributed by atoms with van der Waals surface area (Å²) in [7, 11) is 0. The fourth-order valence-electron chi connectivity index (χ4n) is 4.23. The highest BCUT2D eigenvalue weighted by atomic mass is 19.1. The Hall–Kier alpha value is -1.09. The number of hydrogen-bond acceptors (Lipinski definition) is 2. The molecule has 3 fully saturated rings. The number of anilines is 1. The van der Waals surface area contributed by atoms with Gasteiger partial charge in [-0.25, -0.2) is 4.39 Å². The summed E-state index contributed by atoms with van der Waals surface area (Å²) in [6.07, 6.45) is 9.18. The third-order valence-corrected chi connectivity index (χ3v) is 5.44. The van der Waals surface area contributed by atoms with Gasteiger partial charge in [-0.2, -0.15) is 0 Å². The zero-order valence-electron chi connectivity index (χ0n) is 12.7. The van der Waals surface area contributed by atoms with Crippen LogP contribution in [-0.2, 0) is 6.54 Å². The molecule has 1 heterocycles. The van der Waals surface area contributed by atoms with Crippen LogP contribution < -0.4 is 10.2 Å². The number of nitrogens with zero attached hydrogens (tertiary/aromatic N) is 1. The molecule has 1 N–H and O–H groups in total. The van der Waals surface area contributed by atoms with E-state index in [0.29, 0.717) is 12.1 Å². The van der Waals surface area contributed by atoms with E-state index in [-0.39, 0.29) is 5.82 Å². The summed E-state index contributed by atoms with van der Waals surface area (Å²) < 4.78 is 14.0. The average Bonchev–Trinajstić information content (AvgIpc) is 3.19. The lowest BCUT2D eigenvalue weighted by Gasteiger charge is -2.39. The van der Waals surface area contributed by atoms with Crippen LogP contribution in [0.4, 0.5) is 10.1 Å². The Bertz CT molecular complexity index is 512. The molecule has 3 aliphatic rings. The first-order valence-electron chi connectivity index (χ1n) is 8.59. The fraction of sp³-hybridized carbons (Fsp3) is 0.667. The van der Waals surface area contributed by atoms with Gasteiger partial charge in [-0.3, -0.25) is 0 Å². The standard InChI is InChI=1S/C18H25FN2/c19-15-9-13(12-20-16-6-7-16)10-17(11-15)21-8-2-4-14-3-1-5-18(14)21/h9-11,14,16,18,20H,1-8,12H2. The van der Waals surface area contributed by atoms with E-state index in [9.17, 15) is 4.39 Å². The van der Waals surface area contributed by atoms with Crippen molar-refractivity contribution in [3.8, 4) is 0 Å². The molecule has 1 aromatic rings. The molecule has 0 bridgehead atoms. The highest BCUT2D eigenvalue weighted by Crippen LogP contribution is 2.39. The first-order chi connectivity index (χ1) is 10.3. The smallest absolute Gasteiger partial charge is 0.125 e. The van der Waals surface area contributed by atoms with Crippen molar-refractivity contribution in [3.05, 3.63) is 29.6 Å². The molecular formula is C18H25FN2. The lowest BCUT2D eigenvalue weighted by molar-refractivity contribution is 0.362. The van der Waals surface area contributed by atoms with Crippen LogP contribution >= 0.6 is 0 Å². The second kappa shape index (κ2) is 5.60. The topological polar surface area (TPSA) is 15.3 Å². The van der Waals surface area contributed by atoms with Gasteiger partial charge in [0.05, 0.1) is 0 Å². The van der Waals surface area contributed by atoms with Gasteiger partial charge in [0.25, 0.3) is 0 Å². The van der Waals surface area contributed by atoms with Crippen LogP contribution in [0.1, 0.15) is 50.5 Å². The van der Waals surface area contributed by atoms with Gasteiger partial charge in [-0.15, -0.1) is 0 Å². The zero-order valence-corrected chi connectivity index (χ0v) is 12.7. The van der Waals surface area contributed by atoms with Gasteiger partial charge in [0, 0.05) is 30.9 Å². The van der Waals surface area contributed by atoms with E-state index in [2.05, 4.69) is 16.3 Å². The molecule has 1 saturated heterocycles. The minimum absolute atomic E-state index is 0.0831. The van der Waals surface area contributed by atoms with Crippen molar-refractivity contribution in [1.82, 2.24) is 5.32 Å². The molecule has 0 amide bonds. The Balaban J connectivity index is 1.54. The van der Waals surface area contributed by atoms with Gasteiger partial charge in [-0.05, 0) is 68.2 Å². The quantitative estimate of drug-likeness (QED) is 0.905. The van der Waals surface area contributed by atoms with Crippen LogP contribution in [0.25, 0.3) is 0 Å². The fourth-order valence-corrected chi connectivity index (χ4v) is 4.23. The van der Waals surface area contributed by atoms with E-state index >= 15 is 0 Å². The second-order valence-corrected chi connectivity index (χ2v) is 7.07. The van der Waals surface area contributed by atoms with Crippen molar-refractivity contribution in [3.63, 3.8) is 0 Å². The van der Waals surface area contributed by atoms with Gasteiger partial charge in [0.2, 0.25) is 0 Å². The molecule has 3 heteroatoms. The molecule has 2 aliphatic carbocycles. The first kappa shape index (κ1) is 13.6. The molecule has 0 radical (unpaired) electrons. The monoisotopic (exact) mass is 288 g/mol. The van der Waals surface area contributed by atoms with E-state index < -0.39 is 0 Å². The molecule has 2 atom stereocenters. The number of fused-ring (bicyclic) bond motifs is 1. The third kappa shape index (κ3) is 2.94. The van der Waals surface area contributed by atoms with Crippen LogP contribution in [0, 0.1) is 11.7 Å². The molecule has 2 unspecified atom stereocenters. The van der Waals surface area contributed by atoms with Crippen LogP contribution in [0.5, 0.6) is 0 Å². The summed E-state index contributed by atoms with van der Waals surface area (Å²) >= 11 is 0. The van der Waals surface area contributed by atoms with Crippen molar-refractivity contribution in [2.24, 2.45) is 5.92 Å². The second-order valence-electron chi connectivity index (χ2n) is 7.07. The summed E-state index contributed by atoms with van der Waals surface area (Å²) in [6.45, 7) is 1.90. The molecule has 1 aliphatic heterocycles. The first-order valence-corrected chi connectivity index (χ1v) is 8.59. The summed E-state index contributed by atoms with van der Waals surface area (Å²) in [4.78, 5) is 2.49. The van der Waals surface area contributed by atoms with E-state index in [1.54, 1.807) is 12.1 Å². The minimum atomic E-state index is -0.0831. The largest absolute Gasteiger partial charge is 0.368 e. The summed E-state index contributed by atoms with van der Waals surface area (Å²) in [6, 6.07) is 6.96. The lowest BCUT2D eigenvalue weighted by Crippen LogP contribution is -2.42. The molecule has 2 nitrogen and oxygen atoms in total. The Morgan fingerprint density at radius 1 is 1.05 bits per heavy atom. The molecule has 1 aromatic carbocycles. The third-order valence-electron chi connectivity index (χ3n) is 5.44. The normalized spacial score (nSPS) is 28.7. The molecule has 2 saturated carbocycles. The van der Waals surface area contributed by atoms with E-state index in [0.717, 1.165) is 30.3 Å². The number of benzene rings is 1. The van der Waals surface area contributed by atoms with Crippen LogP contribution in [-0.4, -0.2) is 18.6 Å². The number of nitrogens with one attached hydrogen (secondary N) is 1. The molecule has 114 valence electrons. The number of halogens is 1. The summed E-state index contributed by atoms with van der Waals surface area (Å²) in [5.41, 5.74) is 2.20. The van der Waals surface area contributed by atoms with E-state index in [4.69, 9.17) is 0 Å². The van der Waals surface area contributed by atoms with Crippen molar-refractivity contribution in [1.29, 1.82) is 0 Å². The lowest BCUT2D eigenvalue weighted by atomic mass is 9.91. The SMILES string of the molecule is Fc1cc(CNC2CC2)cc(N2CCCC3CCCC32)c1. The predicted octanol–water partition coefficient (Wildman–Crippen LogP) is 3.85. The van der Waals surface area contributed by atoms with Crippen molar-refractivity contribution in [2.45, 2.75) is 63.6 Å². The summed E-state index contributed by atoms with van der Waals surface area (Å²) in [5.74, 6) is 0.760. The molecule has 0 spiro atoms. The highest BCUT2D eigenvalue weighted by Gasteiger charge is 2.35.